The van der Waals surface area contributed by atoms with Crippen molar-refractivity contribution >= 4 is 5.97 Å². The van der Waals surface area contributed by atoms with E-state index in [1.807, 2.05) is 12.1 Å². The van der Waals surface area contributed by atoms with Crippen LogP contribution in [-0.4, -0.2) is 43.8 Å². The highest BCUT2D eigenvalue weighted by atomic mass is 16.5. The third-order valence-corrected chi connectivity index (χ3v) is 8.11. The quantitative estimate of drug-likeness (QED) is 0.0763. The second-order valence-electron chi connectivity index (χ2n) is 12.6. The van der Waals surface area contributed by atoms with Crippen LogP contribution in [0.2, 0.25) is 0 Å². The number of para-hydroxylation sites is 1. The summed E-state index contributed by atoms with van der Waals surface area (Å²) in [6, 6.07) is 18.9. The van der Waals surface area contributed by atoms with Gasteiger partial charge < -0.3 is 14.0 Å². The van der Waals surface area contributed by atoms with E-state index >= 15 is 0 Å². The first kappa shape index (κ1) is 34.9. The normalized spacial score (nSPS) is 13.1. The van der Waals surface area contributed by atoms with E-state index in [2.05, 4.69) is 77.3 Å². The Bertz CT molecular complexity index is 942. The Labute approximate surface area is 252 Å². The molecule has 41 heavy (non-hydrogen) atoms. The molecule has 0 amide bonds. The number of benzene rings is 2. The van der Waals surface area contributed by atoms with Gasteiger partial charge in [-0.15, -0.1) is 0 Å². The monoisotopic (exact) mass is 566 g/mol. The fourth-order valence-corrected chi connectivity index (χ4v) is 5.63. The Morgan fingerprint density at radius 3 is 2.00 bits per heavy atom. The summed E-state index contributed by atoms with van der Waals surface area (Å²) in [6.07, 6.45) is 17.5. The molecule has 2 unspecified atom stereocenters. The molecule has 0 fully saturated rings. The van der Waals surface area contributed by atoms with E-state index in [1.54, 1.807) is 0 Å². The largest absolute Gasteiger partial charge is 0.490 e. The van der Waals surface area contributed by atoms with Gasteiger partial charge in [-0.05, 0) is 37.8 Å². The van der Waals surface area contributed by atoms with Crippen molar-refractivity contribution in [2.45, 2.75) is 123 Å². The van der Waals surface area contributed by atoms with Gasteiger partial charge in [-0.25, -0.2) is 0 Å². The molecule has 2 atom stereocenters. The van der Waals surface area contributed by atoms with Crippen molar-refractivity contribution in [2.75, 3.05) is 27.2 Å². The minimum absolute atomic E-state index is 0.00773. The van der Waals surface area contributed by atoms with Crippen LogP contribution < -0.4 is 4.74 Å². The van der Waals surface area contributed by atoms with Crippen molar-refractivity contribution in [2.24, 2.45) is 5.92 Å². The summed E-state index contributed by atoms with van der Waals surface area (Å²) in [6.45, 7) is 8.49. The predicted molar refractivity (Wildman–Crippen MR) is 173 cm³/mol. The van der Waals surface area contributed by atoms with Crippen molar-refractivity contribution in [1.29, 1.82) is 0 Å². The Morgan fingerprint density at radius 2 is 1.37 bits per heavy atom. The number of aryl methyl sites for hydroxylation is 1. The molecular weight excluding hydrogens is 506 g/mol. The highest BCUT2D eigenvalue weighted by Gasteiger charge is 2.28. The van der Waals surface area contributed by atoms with E-state index in [-0.39, 0.29) is 18.0 Å². The van der Waals surface area contributed by atoms with Crippen molar-refractivity contribution in [3.05, 3.63) is 65.7 Å². The van der Waals surface area contributed by atoms with E-state index in [0.29, 0.717) is 13.0 Å². The van der Waals surface area contributed by atoms with Gasteiger partial charge in [0, 0.05) is 12.0 Å². The van der Waals surface area contributed by atoms with Crippen LogP contribution in [0.4, 0.5) is 0 Å². The second kappa shape index (κ2) is 20.5. The van der Waals surface area contributed by atoms with E-state index in [1.165, 1.54) is 81.8 Å². The lowest BCUT2D eigenvalue weighted by Crippen LogP contribution is -2.44. The summed E-state index contributed by atoms with van der Waals surface area (Å²) in [5.41, 5.74) is 2.58. The first-order valence-corrected chi connectivity index (χ1v) is 16.6. The van der Waals surface area contributed by atoms with E-state index in [9.17, 15) is 4.79 Å². The lowest BCUT2D eigenvalue weighted by atomic mass is 10.0. The first-order chi connectivity index (χ1) is 19.8. The van der Waals surface area contributed by atoms with Crippen LogP contribution >= 0.6 is 0 Å². The minimum atomic E-state index is -0.101. The van der Waals surface area contributed by atoms with Gasteiger partial charge in [0.2, 0.25) is 0 Å². The molecular formula is C37H60NO3+. The third kappa shape index (κ3) is 15.5. The molecule has 0 saturated heterocycles. The number of quaternary nitrogens is 1. The summed E-state index contributed by atoms with van der Waals surface area (Å²) >= 11 is 0. The Hall–Kier alpha value is -2.33. The van der Waals surface area contributed by atoms with Crippen molar-refractivity contribution in [3.8, 4) is 5.75 Å². The average molecular weight is 567 g/mol. The molecule has 2 aromatic rings. The molecule has 4 heteroatoms. The smallest absolute Gasteiger partial charge is 0.314 e. The van der Waals surface area contributed by atoms with Gasteiger partial charge in [-0.2, -0.15) is 0 Å². The maximum atomic E-state index is 12.9. The molecule has 0 aliphatic heterocycles. The number of carbonyl (C=O) groups is 1. The molecule has 0 spiro atoms. The van der Waals surface area contributed by atoms with Gasteiger partial charge >= 0.3 is 5.97 Å². The number of carbonyl (C=O) groups excluding carboxylic acids is 1. The lowest BCUT2D eigenvalue weighted by molar-refractivity contribution is -0.906. The fraction of sp³-hybridized carbons (Fsp3) is 0.649. The van der Waals surface area contributed by atoms with E-state index in [4.69, 9.17) is 9.47 Å². The van der Waals surface area contributed by atoms with Crippen LogP contribution in [-0.2, 0) is 22.5 Å². The summed E-state index contributed by atoms with van der Waals surface area (Å²) in [4.78, 5) is 12.9. The summed E-state index contributed by atoms with van der Waals surface area (Å²) in [5, 5.41) is 0. The second-order valence-corrected chi connectivity index (χ2v) is 12.6. The predicted octanol–water partition coefficient (Wildman–Crippen LogP) is 9.54. The zero-order valence-corrected chi connectivity index (χ0v) is 27.0. The number of unbranched alkanes of at least 4 members (excludes halogenated alkanes) is 10. The highest BCUT2D eigenvalue weighted by molar-refractivity contribution is 5.72. The van der Waals surface area contributed by atoms with Gasteiger partial charge in [0.25, 0.3) is 0 Å². The van der Waals surface area contributed by atoms with Gasteiger partial charge in [0.05, 0.1) is 33.4 Å². The molecule has 0 saturated carbocycles. The highest BCUT2D eigenvalue weighted by Crippen LogP contribution is 2.23. The summed E-state index contributed by atoms with van der Waals surface area (Å²) < 4.78 is 12.8. The molecule has 0 radical (unpaired) electrons. The fourth-order valence-electron chi connectivity index (χ4n) is 5.63. The molecule has 0 heterocycles. The molecule has 0 aromatic heterocycles. The van der Waals surface area contributed by atoms with Crippen LogP contribution in [0.1, 0.15) is 115 Å². The topological polar surface area (TPSA) is 35.5 Å². The maximum Gasteiger partial charge on any atom is 0.314 e. The number of ether oxygens (including phenoxy) is 2. The third-order valence-electron chi connectivity index (χ3n) is 8.11. The van der Waals surface area contributed by atoms with Gasteiger partial charge in [0.1, 0.15) is 18.2 Å². The average Bonchev–Trinajstić information content (AvgIpc) is 2.95. The Kier molecular flexibility index (Phi) is 17.5. The zero-order valence-electron chi connectivity index (χ0n) is 27.0. The Balaban J connectivity index is 1.66. The van der Waals surface area contributed by atoms with Crippen LogP contribution in [0.5, 0.6) is 5.75 Å². The SMILES string of the molecule is CCCCCCCCCCCCCc1ccccc1OC(C)CCOC(=O)C(CC)C[N+](C)(C)Cc1ccccc1. The maximum absolute atomic E-state index is 12.9. The van der Waals surface area contributed by atoms with Gasteiger partial charge in [0.15, 0.2) is 0 Å². The number of hydrogen-bond donors (Lipinski definition) is 0. The van der Waals surface area contributed by atoms with Crippen LogP contribution in [0.25, 0.3) is 0 Å². The molecule has 4 nitrogen and oxygen atoms in total. The van der Waals surface area contributed by atoms with Crippen LogP contribution in [0.3, 0.4) is 0 Å². The minimum Gasteiger partial charge on any atom is -0.490 e. The van der Waals surface area contributed by atoms with Crippen molar-refractivity contribution in [1.82, 2.24) is 0 Å². The molecule has 0 aliphatic carbocycles. The van der Waals surface area contributed by atoms with Crippen LogP contribution in [0.15, 0.2) is 54.6 Å². The standard InChI is InChI=1S/C37H60NO3/c1-6-8-9-10-11-12-13-14-15-16-20-25-35-26-21-22-27-36(35)41-32(3)28-29-40-37(39)34(7-2)31-38(4,5)30-33-23-18-17-19-24-33/h17-19,21-24,26-27,32,34H,6-16,20,25,28-31H2,1-5H3/q+1. The molecule has 2 rings (SSSR count). The summed E-state index contributed by atoms with van der Waals surface area (Å²) in [5.74, 6) is 0.789. The number of hydrogen-bond acceptors (Lipinski definition) is 3. The first-order valence-electron chi connectivity index (χ1n) is 16.6. The van der Waals surface area contributed by atoms with E-state index < -0.39 is 0 Å². The molecule has 230 valence electrons. The molecule has 0 N–H and O–H groups in total. The summed E-state index contributed by atoms with van der Waals surface area (Å²) in [7, 11) is 4.37. The molecule has 0 aliphatic rings. The van der Waals surface area contributed by atoms with Crippen molar-refractivity contribution < 1.29 is 18.8 Å². The van der Waals surface area contributed by atoms with Crippen molar-refractivity contribution in [3.63, 3.8) is 0 Å². The van der Waals surface area contributed by atoms with Crippen LogP contribution in [0, 0.1) is 5.92 Å². The number of nitrogens with zero attached hydrogens (tertiary/aromatic N) is 1. The number of rotatable bonds is 23. The Morgan fingerprint density at radius 1 is 0.780 bits per heavy atom. The zero-order chi connectivity index (χ0) is 29.8. The lowest BCUT2D eigenvalue weighted by Gasteiger charge is -2.32. The number of esters is 1. The van der Waals surface area contributed by atoms with E-state index in [0.717, 1.165) is 36.2 Å². The van der Waals surface area contributed by atoms with Gasteiger partial charge in [-0.3, -0.25) is 4.79 Å². The molecule has 2 aromatic carbocycles. The molecule has 0 bridgehead atoms. The van der Waals surface area contributed by atoms with Gasteiger partial charge in [-0.1, -0.05) is 127 Å².